The van der Waals surface area contributed by atoms with Crippen LogP contribution in [0.15, 0.2) is 0 Å². The number of carbonyl (C=O) groups is 1. The van der Waals surface area contributed by atoms with E-state index in [1.165, 1.54) is 0 Å². The number of rotatable bonds is 4. The molecule has 0 saturated carbocycles. The second-order valence-electron chi connectivity index (χ2n) is 5.44. The van der Waals surface area contributed by atoms with Crippen LogP contribution < -0.4 is 5.73 Å². The zero-order valence-electron chi connectivity index (χ0n) is 11.5. The first kappa shape index (κ1) is 15.4. The van der Waals surface area contributed by atoms with E-state index in [-0.39, 0.29) is 10.9 Å². The monoisotopic (exact) mass is 272 g/mol. The summed E-state index contributed by atoms with van der Waals surface area (Å²) in [6, 6.07) is 0. The summed E-state index contributed by atoms with van der Waals surface area (Å²) in [6.07, 6.45) is 2.48. The van der Waals surface area contributed by atoms with Gasteiger partial charge in [0.25, 0.3) is 0 Å². The number of piperidine rings is 1. The number of hydrogen-bond donors (Lipinski definition) is 2. The predicted octanol–water partition coefficient (Wildman–Crippen LogP) is 1.45. The molecule has 104 valence electrons. The van der Waals surface area contributed by atoms with Gasteiger partial charge in [-0.1, -0.05) is 26.1 Å². The first-order valence-corrected chi connectivity index (χ1v) is 7.01. The van der Waals surface area contributed by atoms with Gasteiger partial charge in [-0.05, 0) is 32.6 Å². The van der Waals surface area contributed by atoms with Gasteiger partial charge in [-0.2, -0.15) is 0 Å². The molecule has 4 nitrogen and oxygen atoms in total. The van der Waals surface area contributed by atoms with E-state index in [1.807, 2.05) is 20.8 Å². The third-order valence-corrected chi connectivity index (χ3v) is 4.61. The van der Waals surface area contributed by atoms with Crippen LogP contribution in [0.4, 0.5) is 0 Å². The Balaban J connectivity index is 2.83. The van der Waals surface area contributed by atoms with Gasteiger partial charge >= 0.3 is 0 Å². The third kappa shape index (κ3) is 2.83. The van der Waals surface area contributed by atoms with E-state index in [0.717, 1.165) is 0 Å². The molecule has 0 spiro atoms. The Morgan fingerprint density at radius 1 is 1.39 bits per heavy atom. The fraction of sp³-hybridized carbons (Fsp3) is 0.846. The lowest BCUT2D eigenvalue weighted by molar-refractivity contribution is -0.142. The van der Waals surface area contributed by atoms with Gasteiger partial charge in [0.15, 0.2) is 0 Å². The summed E-state index contributed by atoms with van der Waals surface area (Å²) in [5.74, 6) is 0.0236. The van der Waals surface area contributed by atoms with E-state index < -0.39 is 11.0 Å². The molecule has 0 aliphatic carbocycles. The number of aliphatic hydroxyl groups is 1. The standard InChI is InChI=1S/C13H24N2O2S/c1-4-13(5-2,10(14)18)11(16)15-8-6-12(3,17)7-9-15/h17H,4-9H2,1-3H3,(H2,14,18). The van der Waals surface area contributed by atoms with Crippen LogP contribution in [-0.4, -0.2) is 39.6 Å². The van der Waals surface area contributed by atoms with Crippen molar-refractivity contribution in [3.8, 4) is 0 Å². The molecule has 3 N–H and O–H groups in total. The zero-order valence-corrected chi connectivity index (χ0v) is 12.3. The Morgan fingerprint density at radius 3 is 2.17 bits per heavy atom. The van der Waals surface area contributed by atoms with Crippen LogP contribution in [0.1, 0.15) is 46.5 Å². The maximum Gasteiger partial charge on any atom is 0.235 e. The van der Waals surface area contributed by atoms with Crippen LogP contribution in [0.2, 0.25) is 0 Å². The van der Waals surface area contributed by atoms with Crippen LogP contribution >= 0.6 is 12.2 Å². The molecule has 18 heavy (non-hydrogen) atoms. The van der Waals surface area contributed by atoms with Gasteiger partial charge < -0.3 is 15.7 Å². The zero-order chi connectivity index (χ0) is 14.0. The van der Waals surface area contributed by atoms with Crippen molar-refractivity contribution in [1.29, 1.82) is 0 Å². The molecule has 1 amide bonds. The van der Waals surface area contributed by atoms with Crippen molar-refractivity contribution in [2.24, 2.45) is 11.1 Å². The van der Waals surface area contributed by atoms with E-state index in [9.17, 15) is 9.90 Å². The van der Waals surface area contributed by atoms with Crippen LogP contribution in [0.5, 0.6) is 0 Å². The molecule has 1 rings (SSSR count). The van der Waals surface area contributed by atoms with Gasteiger partial charge in [-0.15, -0.1) is 0 Å². The molecule has 0 aromatic rings. The molecular formula is C13H24N2O2S. The van der Waals surface area contributed by atoms with Crippen molar-refractivity contribution >= 4 is 23.1 Å². The van der Waals surface area contributed by atoms with Gasteiger partial charge in [0, 0.05) is 13.1 Å². The predicted molar refractivity (Wildman–Crippen MR) is 76.2 cm³/mol. The van der Waals surface area contributed by atoms with Crippen LogP contribution in [-0.2, 0) is 4.79 Å². The molecule has 0 bridgehead atoms. The Hall–Kier alpha value is -0.680. The molecule has 1 saturated heterocycles. The Labute approximate surface area is 115 Å². The average molecular weight is 272 g/mol. The lowest BCUT2D eigenvalue weighted by atomic mass is 9.79. The molecule has 0 aromatic carbocycles. The first-order valence-electron chi connectivity index (χ1n) is 6.61. The second-order valence-corrected chi connectivity index (χ2v) is 5.88. The lowest BCUT2D eigenvalue weighted by Gasteiger charge is -2.41. The number of thiocarbonyl (C=S) groups is 1. The molecule has 0 unspecified atom stereocenters. The van der Waals surface area contributed by atoms with Crippen molar-refractivity contribution in [2.45, 2.75) is 52.1 Å². The topological polar surface area (TPSA) is 66.6 Å². The number of likely N-dealkylation sites (tertiary alicyclic amines) is 1. The average Bonchev–Trinajstić information content (AvgIpc) is 2.30. The number of carbonyl (C=O) groups excluding carboxylic acids is 1. The van der Waals surface area contributed by atoms with E-state index >= 15 is 0 Å². The first-order chi connectivity index (χ1) is 8.29. The third-order valence-electron chi connectivity index (χ3n) is 4.22. The quantitative estimate of drug-likeness (QED) is 0.760. The number of nitrogens with zero attached hydrogens (tertiary/aromatic N) is 1. The molecule has 1 aliphatic heterocycles. The normalized spacial score (nSPS) is 19.7. The summed E-state index contributed by atoms with van der Waals surface area (Å²) in [6.45, 7) is 6.86. The smallest absolute Gasteiger partial charge is 0.235 e. The highest BCUT2D eigenvalue weighted by atomic mass is 32.1. The molecule has 0 radical (unpaired) electrons. The Kier molecular flexibility index (Phi) is 4.72. The highest BCUT2D eigenvalue weighted by Crippen LogP contribution is 2.32. The van der Waals surface area contributed by atoms with Crippen LogP contribution in [0.25, 0.3) is 0 Å². The fourth-order valence-electron chi connectivity index (χ4n) is 2.50. The van der Waals surface area contributed by atoms with Crippen molar-refractivity contribution in [1.82, 2.24) is 4.90 Å². The minimum Gasteiger partial charge on any atom is -0.392 e. The number of hydrogen-bond acceptors (Lipinski definition) is 3. The van der Waals surface area contributed by atoms with E-state index in [2.05, 4.69) is 0 Å². The fourth-order valence-corrected chi connectivity index (χ4v) is 2.88. The maximum absolute atomic E-state index is 12.6. The minimum absolute atomic E-state index is 0.0236. The molecule has 0 atom stereocenters. The summed E-state index contributed by atoms with van der Waals surface area (Å²) in [7, 11) is 0. The van der Waals surface area contributed by atoms with E-state index in [4.69, 9.17) is 18.0 Å². The van der Waals surface area contributed by atoms with Gasteiger partial charge in [-0.25, -0.2) is 0 Å². The Bertz CT molecular complexity index is 328. The molecule has 5 heteroatoms. The summed E-state index contributed by atoms with van der Waals surface area (Å²) in [4.78, 5) is 14.7. The van der Waals surface area contributed by atoms with Crippen molar-refractivity contribution in [3.63, 3.8) is 0 Å². The highest BCUT2D eigenvalue weighted by molar-refractivity contribution is 7.80. The maximum atomic E-state index is 12.6. The number of nitrogens with two attached hydrogens (primary N) is 1. The summed E-state index contributed by atoms with van der Waals surface area (Å²) in [5.41, 5.74) is 4.43. The van der Waals surface area contributed by atoms with Crippen LogP contribution in [0, 0.1) is 5.41 Å². The Morgan fingerprint density at radius 2 is 1.83 bits per heavy atom. The highest BCUT2D eigenvalue weighted by Gasteiger charge is 2.42. The van der Waals surface area contributed by atoms with Gasteiger partial charge in [-0.3, -0.25) is 4.79 Å². The molecule has 1 fully saturated rings. The summed E-state index contributed by atoms with van der Waals surface area (Å²) < 4.78 is 0. The molecule has 0 aromatic heterocycles. The van der Waals surface area contributed by atoms with Crippen molar-refractivity contribution in [2.75, 3.05) is 13.1 Å². The second kappa shape index (κ2) is 5.53. The largest absolute Gasteiger partial charge is 0.392 e. The van der Waals surface area contributed by atoms with Crippen molar-refractivity contribution in [3.05, 3.63) is 0 Å². The van der Waals surface area contributed by atoms with Gasteiger partial charge in [0.1, 0.15) is 0 Å². The van der Waals surface area contributed by atoms with Gasteiger partial charge in [0.05, 0.1) is 16.0 Å². The minimum atomic E-state index is -0.710. The molecule has 1 heterocycles. The van der Waals surface area contributed by atoms with E-state index in [0.29, 0.717) is 38.8 Å². The van der Waals surface area contributed by atoms with Crippen molar-refractivity contribution < 1.29 is 9.90 Å². The summed E-state index contributed by atoms with van der Waals surface area (Å²) in [5, 5.41) is 9.91. The van der Waals surface area contributed by atoms with Gasteiger partial charge in [0.2, 0.25) is 5.91 Å². The molecule has 1 aliphatic rings. The van der Waals surface area contributed by atoms with Crippen LogP contribution in [0.3, 0.4) is 0 Å². The number of amides is 1. The van der Waals surface area contributed by atoms with E-state index in [1.54, 1.807) is 4.90 Å². The lowest BCUT2D eigenvalue weighted by Crippen LogP contribution is -2.54. The SMILES string of the molecule is CCC(CC)(C(=O)N1CCC(C)(O)CC1)C(N)=S. The summed E-state index contributed by atoms with van der Waals surface area (Å²) >= 11 is 5.10. The molecular weight excluding hydrogens is 248 g/mol.